The van der Waals surface area contributed by atoms with Crippen LogP contribution in [0.15, 0.2) is 0 Å². The normalized spacial score (nSPS) is 8.29. The van der Waals surface area contributed by atoms with E-state index in [4.69, 9.17) is 0 Å². The molecule has 0 aromatic heterocycles. The summed E-state index contributed by atoms with van der Waals surface area (Å²) in [6, 6.07) is 0. The van der Waals surface area contributed by atoms with Crippen molar-refractivity contribution in [3.63, 3.8) is 0 Å². The van der Waals surface area contributed by atoms with E-state index in [9.17, 15) is 19.8 Å². The Kier molecular flexibility index (Phi) is 21.9. The van der Waals surface area contributed by atoms with Gasteiger partial charge in [0.25, 0.3) is 0 Å². The molecule has 0 heterocycles. The third-order valence-corrected chi connectivity index (χ3v) is 2.94. The molecule has 0 aliphatic carbocycles. The van der Waals surface area contributed by atoms with Crippen molar-refractivity contribution in [3.05, 3.63) is 0 Å². The van der Waals surface area contributed by atoms with Gasteiger partial charge < -0.3 is 19.8 Å². The number of carbonyl (C=O) groups is 2. The molecule has 0 bridgehead atoms. The van der Waals surface area contributed by atoms with Gasteiger partial charge in [0, 0.05) is 23.0 Å². The van der Waals surface area contributed by atoms with Crippen LogP contribution in [0.5, 0.6) is 0 Å². The predicted molar refractivity (Wildman–Crippen MR) is 44.7 cm³/mol. The van der Waals surface area contributed by atoms with Crippen LogP contribution in [0.25, 0.3) is 0 Å². The molecule has 0 spiro atoms. The molecule has 70 valence electrons. The predicted octanol–water partition coefficient (Wildman–Crippen LogP) is -8.04. The number of carboxylic acids is 2. The molecule has 0 amide bonds. The number of rotatable bonds is 7. The number of hydrogen-bond acceptors (Lipinski definition) is 6. The second-order valence-electron chi connectivity index (χ2n) is 1.85. The van der Waals surface area contributed by atoms with Crippen molar-refractivity contribution in [2.45, 2.75) is 0 Å². The molecule has 0 rings (SSSR count). The van der Waals surface area contributed by atoms with Crippen molar-refractivity contribution in [2.75, 3.05) is 23.0 Å². The number of carbonyl (C=O) groups excluding carboxylic acids is 2. The summed E-state index contributed by atoms with van der Waals surface area (Å²) in [6.07, 6.45) is 0. The maximum absolute atomic E-state index is 9.90. The third-order valence-electron chi connectivity index (χ3n) is 0.812. The quantitative estimate of drug-likeness (QED) is 0.331. The zero-order valence-corrected chi connectivity index (χ0v) is 13.9. The first kappa shape index (κ1) is 21.0. The summed E-state index contributed by atoms with van der Waals surface area (Å²) in [6.45, 7) is 0. The van der Waals surface area contributed by atoms with E-state index in [-0.39, 0.29) is 70.6 Å². The number of aliphatic carboxylic acids is 2. The van der Waals surface area contributed by atoms with Crippen LogP contribution in [0.4, 0.5) is 0 Å². The van der Waals surface area contributed by atoms with Crippen LogP contribution in [-0.2, 0) is 9.59 Å². The molecule has 4 nitrogen and oxygen atoms in total. The monoisotopic (exact) mass is 254 g/mol. The van der Waals surface area contributed by atoms with Gasteiger partial charge in [-0.25, -0.2) is 0 Å². The zero-order valence-electron chi connectivity index (χ0n) is 8.28. The maximum atomic E-state index is 9.90. The molecule has 14 heavy (non-hydrogen) atoms. The Labute approximate surface area is 136 Å². The Morgan fingerprint density at radius 2 is 1.14 bits per heavy atom. The van der Waals surface area contributed by atoms with E-state index in [1.807, 2.05) is 0 Å². The largest absolute Gasteiger partial charge is 1.00 e. The fourth-order valence-electron chi connectivity index (χ4n) is 0.429. The van der Waals surface area contributed by atoms with Crippen LogP contribution in [0.2, 0.25) is 0 Å². The van der Waals surface area contributed by atoms with Crippen molar-refractivity contribution < 1.29 is 78.9 Å². The van der Waals surface area contributed by atoms with Gasteiger partial charge in [-0.15, -0.1) is 0 Å². The number of thioether (sulfide) groups is 2. The SMILES string of the molecule is O=C([O-])CSCCSCC(=O)[O-].[Na+].[Na+]. The van der Waals surface area contributed by atoms with E-state index in [1.54, 1.807) is 0 Å². The molecule has 0 aliphatic heterocycles. The smallest absolute Gasteiger partial charge is 0.549 e. The van der Waals surface area contributed by atoms with Crippen molar-refractivity contribution in [3.8, 4) is 0 Å². The first-order chi connectivity index (χ1) is 5.63. The van der Waals surface area contributed by atoms with Gasteiger partial charge in [-0.1, -0.05) is 0 Å². The summed E-state index contributed by atoms with van der Waals surface area (Å²) < 4.78 is 0. The van der Waals surface area contributed by atoms with Crippen molar-refractivity contribution in [2.24, 2.45) is 0 Å². The molecule has 0 saturated carbocycles. The minimum atomic E-state index is -1.09. The molecule has 8 heteroatoms. The van der Waals surface area contributed by atoms with Crippen molar-refractivity contribution in [1.29, 1.82) is 0 Å². The average Bonchev–Trinajstić information content (AvgIpc) is 1.95. The van der Waals surface area contributed by atoms with E-state index in [2.05, 4.69) is 0 Å². The molecule has 0 aromatic carbocycles. The van der Waals surface area contributed by atoms with Crippen LogP contribution in [0.1, 0.15) is 0 Å². The minimum Gasteiger partial charge on any atom is -0.549 e. The van der Waals surface area contributed by atoms with Gasteiger partial charge in [-0.05, 0) is 0 Å². The Morgan fingerprint density at radius 3 is 1.36 bits per heavy atom. The summed E-state index contributed by atoms with van der Waals surface area (Å²) in [5.74, 6) is -1.02. The van der Waals surface area contributed by atoms with Crippen LogP contribution >= 0.6 is 23.5 Å². The summed E-state index contributed by atoms with van der Waals surface area (Å²) in [5, 5.41) is 19.8. The molecule has 0 fully saturated rings. The van der Waals surface area contributed by atoms with Gasteiger partial charge >= 0.3 is 59.1 Å². The fraction of sp³-hybridized carbons (Fsp3) is 0.667. The van der Waals surface area contributed by atoms with Gasteiger partial charge in [-0.2, -0.15) is 23.5 Å². The number of carboxylic acid groups (broad SMARTS) is 2. The first-order valence-electron chi connectivity index (χ1n) is 3.18. The molecular weight excluding hydrogens is 246 g/mol. The first-order valence-corrected chi connectivity index (χ1v) is 5.49. The molecule has 0 unspecified atom stereocenters. The second-order valence-corrected chi connectivity index (χ2v) is 4.06. The zero-order chi connectivity index (χ0) is 9.40. The van der Waals surface area contributed by atoms with E-state index in [0.717, 1.165) is 0 Å². The van der Waals surface area contributed by atoms with E-state index < -0.39 is 11.9 Å². The van der Waals surface area contributed by atoms with E-state index in [0.29, 0.717) is 11.5 Å². The van der Waals surface area contributed by atoms with E-state index >= 15 is 0 Å². The molecule has 0 aromatic rings. The van der Waals surface area contributed by atoms with Crippen LogP contribution < -0.4 is 69.3 Å². The molecule has 0 radical (unpaired) electrons. The Morgan fingerprint density at radius 1 is 0.857 bits per heavy atom. The van der Waals surface area contributed by atoms with Crippen molar-refractivity contribution >= 4 is 35.5 Å². The Bertz CT molecular complexity index is 150. The Hall–Kier alpha value is 1.64. The van der Waals surface area contributed by atoms with Gasteiger partial charge in [-0.3, -0.25) is 0 Å². The van der Waals surface area contributed by atoms with E-state index in [1.165, 1.54) is 23.5 Å². The maximum Gasteiger partial charge on any atom is 1.00 e. The molecule has 0 aliphatic rings. The van der Waals surface area contributed by atoms with Crippen LogP contribution in [0, 0.1) is 0 Å². The average molecular weight is 254 g/mol. The van der Waals surface area contributed by atoms with Gasteiger partial charge in [0.2, 0.25) is 0 Å². The van der Waals surface area contributed by atoms with Gasteiger partial charge in [0.05, 0.1) is 11.9 Å². The van der Waals surface area contributed by atoms with Crippen molar-refractivity contribution in [1.82, 2.24) is 0 Å². The second kappa shape index (κ2) is 14.6. The fourth-order valence-corrected chi connectivity index (χ4v) is 1.99. The van der Waals surface area contributed by atoms with Crippen LogP contribution in [0.3, 0.4) is 0 Å². The summed E-state index contributed by atoms with van der Waals surface area (Å²) in [5.41, 5.74) is 0. The molecular formula is C6H8Na2O4S2. The van der Waals surface area contributed by atoms with Gasteiger partial charge in [0.1, 0.15) is 0 Å². The topological polar surface area (TPSA) is 80.3 Å². The molecule has 0 saturated heterocycles. The molecule has 0 atom stereocenters. The van der Waals surface area contributed by atoms with Crippen LogP contribution in [-0.4, -0.2) is 35.0 Å². The standard InChI is InChI=1S/C6H10O4S2.2Na/c7-5(8)3-11-1-2-12-4-6(9)10;;/h1-4H2,(H,7,8)(H,9,10);;/q;2*+1/p-2. The van der Waals surface area contributed by atoms with Gasteiger partial charge in [0.15, 0.2) is 0 Å². The summed E-state index contributed by atoms with van der Waals surface area (Å²) >= 11 is 2.43. The summed E-state index contributed by atoms with van der Waals surface area (Å²) in [7, 11) is 0. The summed E-state index contributed by atoms with van der Waals surface area (Å²) in [4.78, 5) is 19.8. The Balaban J connectivity index is -0.000000605. The third kappa shape index (κ3) is 19.2. The minimum absolute atomic E-state index is 0. The number of hydrogen-bond donors (Lipinski definition) is 0. The molecule has 0 N–H and O–H groups in total.